The van der Waals surface area contributed by atoms with Crippen LogP contribution >= 0.6 is 11.3 Å². The minimum Gasteiger partial charge on any atom is -0.321 e. The topological polar surface area (TPSA) is 93.0 Å². The molecule has 1 fully saturated rings. The fourth-order valence-electron chi connectivity index (χ4n) is 3.45. The Kier molecular flexibility index (Phi) is 5.41. The van der Waals surface area contributed by atoms with Crippen LogP contribution in [-0.2, 0) is 17.1 Å². The van der Waals surface area contributed by atoms with Crippen molar-refractivity contribution in [1.29, 1.82) is 0 Å². The minimum absolute atomic E-state index is 0.362. The zero-order chi connectivity index (χ0) is 20.6. The summed E-state index contributed by atoms with van der Waals surface area (Å²) in [5.41, 5.74) is 3.42. The lowest BCUT2D eigenvalue weighted by molar-refractivity contribution is 0.347. The van der Waals surface area contributed by atoms with Gasteiger partial charge in [0.15, 0.2) is 0 Å². The van der Waals surface area contributed by atoms with Gasteiger partial charge in [0, 0.05) is 26.3 Å². The molecule has 0 radical (unpaired) electrons. The van der Waals surface area contributed by atoms with E-state index in [1.54, 1.807) is 27.3 Å². The molecule has 3 aromatic rings. The number of piperidine rings is 1. The molecule has 0 spiro atoms. The van der Waals surface area contributed by atoms with Crippen LogP contribution in [0.15, 0.2) is 28.6 Å². The molecule has 154 valence electrons. The summed E-state index contributed by atoms with van der Waals surface area (Å²) in [6.07, 6.45) is 4.61. The van der Waals surface area contributed by atoms with Crippen LogP contribution in [0.25, 0.3) is 10.6 Å². The number of hydrogen-bond acceptors (Lipinski definition) is 7. The van der Waals surface area contributed by atoms with E-state index in [0.717, 1.165) is 41.2 Å². The van der Waals surface area contributed by atoms with Gasteiger partial charge in [-0.3, -0.25) is 4.68 Å². The molecule has 1 saturated heterocycles. The van der Waals surface area contributed by atoms with Crippen molar-refractivity contribution in [2.75, 3.05) is 18.4 Å². The normalized spacial score (nSPS) is 15.6. The second-order valence-electron chi connectivity index (χ2n) is 7.14. The van der Waals surface area contributed by atoms with Gasteiger partial charge in [-0.25, -0.2) is 18.4 Å². The second kappa shape index (κ2) is 7.85. The number of nitrogens with zero attached hydrogens (tertiary/aromatic N) is 5. The smallest absolute Gasteiger partial charge is 0.252 e. The van der Waals surface area contributed by atoms with Gasteiger partial charge in [-0.2, -0.15) is 9.40 Å². The maximum atomic E-state index is 12.9. The van der Waals surface area contributed by atoms with Crippen LogP contribution in [0.5, 0.6) is 0 Å². The molecule has 1 aliphatic heterocycles. The van der Waals surface area contributed by atoms with Gasteiger partial charge in [-0.1, -0.05) is 6.42 Å². The SMILES string of the molecule is Cc1nn(C)c(C)c1Nc1nccc(-c2ccc(S(=O)(=O)N3CCCCC3)s2)n1. The van der Waals surface area contributed by atoms with Crippen molar-refractivity contribution in [3.63, 3.8) is 0 Å². The molecule has 4 rings (SSSR count). The van der Waals surface area contributed by atoms with Gasteiger partial charge in [0.1, 0.15) is 4.21 Å². The number of hydrogen-bond donors (Lipinski definition) is 1. The van der Waals surface area contributed by atoms with Crippen LogP contribution < -0.4 is 5.32 Å². The summed E-state index contributed by atoms with van der Waals surface area (Å²) in [6.45, 7) is 5.10. The van der Waals surface area contributed by atoms with E-state index in [9.17, 15) is 8.42 Å². The van der Waals surface area contributed by atoms with Gasteiger partial charge in [-0.05, 0) is 44.9 Å². The Morgan fingerprint density at radius 1 is 1.10 bits per heavy atom. The molecule has 0 aliphatic carbocycles. The van der Waals surface area contributed by atoms with Crippen molar-refractivity contribution in [3.8, 4) is 10.6 Å². The first kappa shape index (κ1) is 20.0. The zero-order valence-corrected chi connectivity index (χ0v) is 18.3. The van der Waals surface area contributed by atoms with E-state index in [2.05, 4.69) is 20.4 Å². The minimum atomic E-state index is -3.43. The Morgan fingerprint density at radius 2 is 1.86 bits per heavy atom. The highest BCUT2D eigenvalue weighted by atomic mass is 32.2. The molecule has 0 saturated carbocycles. The highest BCUT2D eigenvalue weighted by molar-refractivity contribution is 7.91. The van der Waals surface area contributed by atoms with Gasteiger partial charge in [0.25, 0.3) is 10.0 Å². The number of sulfonamides is 1. The van der Waals surface area contributed by atoms with E-state index in [0.29, 0.717) is 28.9 Å². The Labute approximate surface area is 174 Å². The van der Waals surface area contributed by atoms with Crippen molar-refractivity contribution in [2.24, 2.45) is 7.05 Å². The quantitative estimate of drug-likeness (QED) is 0.664. The van der Waals surface area contributed by atoms with E-state index in [1.165, 1.54) is 11.3 Å². The largest absolute Gasteiger partial charge is 0.321 e. The Balaban J connectivity index is 1.59. The van der Waals surface area contributed by atoms with Gasteiger partial charge >= 0.3 is 0 Å². The maximum absolute atomic E-state index is 12.9. The lowest BCUT2D eigenvalue weighted by Gasteiger charge is -2.25. The van der Waals surface area contributed by atoms with E-state index >= 15 is 0 Å². The average molecular weight is 433 g/mol. The lowest BCUT2D eigenvalue weighted by atomic mass is 10.2. The van der Waals surface area contributed by atoms with Crippen LogP contribution in [0.4, 0.5) is 11.6 Å². The van der Waals surface area contributed by atoms with Crippen molar-refractivity contribution < 1.29 is 8.42 Å². The standard InChI is InChI=1S/C19H24N6O2S2/c1-13-18(14(2)24(3)23-13)22-19-20-10-9-15(21-19)16-7-8-17(28-16)29(26,27)25-11-5-4-6-12-25/h7-10H,4-6,11-12H2,1-3H3,(H,20,21,22). The van der Waals surface area contributed by atoms with E-state index in [-0.39, 0.29) is 0 Å². The fraction of sp³-hybridized carbons (Fsp3) is 0.421. The van der Waals surface area contributed by atoms with Crippen molar-refractivity contribution >= 4 is 33.0 Å². The monoisotopic (exact) mass is 432 g/mol. The van der Waals surface area contributed by atoms with Crippen LogP contribution in [0.2, 0.25) is 0 Å². The predicted octanol–water partition coefficient (Wildman–Crippen LogP) is 3.47. The first-order valence-corrected chi connectivity index (χ1v) is 11.8. The summed E-state index contributed by atoms with van der Waals surface area (Å²) in [7, 11) is -1.54. The number of nitrogens with one attached hydrogen (secondary N) is 1. The summed E-state index contributed by atoms with van der Waals surface area (Å²) < 4.78 is 29.6. The van der Waals surface area contributed by atoms with Crippen LogP contribution in [0.3, 0.4) is 0 Å². The van der Waals surface area contributed by atoms with Crippen LogP contribution in [0.1, 0.15) is 30.7 Å². The number of aromatic nitrogens is 4. The van der Waals surface area contributed by atoms with Crippen molar-refractivity contribution in [3.05, 3.63) is 35.8 Å². The van der Waals surface area contributed by atoms with E-state index in [4.69, 9.17) is 0 Å². The Hall–Kier alpha value is -2.30. The summed E-state index contributed by atoms with van der Waals surface area (Å²) in [5, 5.41) is 7.62. The highest BCUT2D eigenvalue weighted by Gasteiger charge is 2.27. The van der Waals surface area contributed by atoms with E-state index < -0.39 is 10.0 Å². The molecule has 8 nitrogen and oxygen atoms in total. The second-order valence-corrected chi connectivity index (χ2v) is 10.4. The highest BCUT2D eigenvalue weighted by Crippen LogP contribution is 2.33. The van der Waals surface area contributed by atoms with Gasteiger partial charge in [0.05, 0.1) is 27.6 Å². The molecule has 0 bridgehead atoms. The lowest BCUT2D eigenvalue weighted by Crippen LogP contribution is -2.35. The van der Waals surface area contributed by atoms with Gasteiger partial charge < -0.3 is 5.32 Å². The number of rotatable bonds is 5. The first-order chi connectivity index (χ1) is 13.9. The molecule has 0 unspecified atom stereocenters. The Morgan fingerprint density at radius 3 is 2.55 bits per heavy atom. The van der Waals surface area contributed by atoms with Crippen molar-refractivity contribution in [2.45, 2.75) is 37.3 Å². The molecule has 1 N–H and O–H groups in total. The van der Waals surface area contributed by atoms with Gasteiger partial charge in [-0.15, -0.1) is 11.3 Å². The number of anilines is 2. The van der Waals surface area contributed by atoms with Crippen molar-refractivity contribution in [1.82, 2.24) is 24.1 Å². The third kappa shape index (κ3) is 3.92. The maximum Gasteiger partial charge on any atom is 0.252 e. The molecule has 3 aromatic heterocycles. The van der Waals surface area contributed by atoms with E-state index in [1.807, 2.05) is 27.0 Å². The Bertz CT molecular complexity index is 1130. The molecule has 4 heterocycles. The zero-order valence-electron chi connectivity index (χ0n) is 16.7. The predicted molar refractivity (Wildman–Crippen MR) is 114 cm³/mol. The summed E-state index contributed by atoms with van der Waals surface area (Å²) in [6, 6.07) is 5.28. The third-order valence-corrected chi connectivity index (χ3v) is 8.62. The number of thiophene rings is 1. The first-order valence-electron chi connectivity index (χ1n) is 9.57. The molecular weight excluding hydrogens is 408 g/mol. The molecule has 29 heavy (non-hydrogen) atoms. The third-order valence-electron chi connectivity index (χ3n) is 5.14. The molecule has 10 heteroatoms. The summed E-state index contributed by atoms with van der Waals surface area (Å²) in [4.78, 5) is 9.68. The van der Waals surface area contributed by atoms with Crippen LogP contribution in [-0.4, -0.2) is 45.6 Å². The number of aryl methyl sites for hydroxylation is 2. The fourth-order valence-corrected chi connectivity index (χ4v) is 6.40. The van der Waals surface area contributed by atoms with Crippen LogP contribution in [0, 0.1) is 13.8 Å². The molecular formula is C19H24N6O2S2. The molecule has 1 aliphatic rings. The molecule has 0 amide bonds. The molecule has 0 aromatic carbocycles. The summed E-state index contributed by atoms with van der Waals surface area (Å²) in [5.74, 6) is 0.454. The molecule has 0 atom stereocenters. The summed E-state index contributed by atoms with van der Waals surface area (Å²) >= 11 is 1.25. The van der Waals surface area contributed by atoms with Gasteiger partial charge in [0.2, 0.25) is 5.95 Å². The average Bonchev–Trinajstić information content (AvgIpc) is 3.31.